The number of hydrogen-bond acceptors (Lipinski definition) is 5. The Labute approximate surface area is 95.6 Å². The van der Waals surface area contributed by atoms with Crippen LogP contribution in [0.5, 0.6) is 0 Å². The lowest BCUT2D eigenvalue weighted by Gasteiger charge is -2.37. The Hall–Kier alpha value is -1.37. The molecule has 0 saturated heterocycles. The van der Waals surface area contributed by atoms with Gasteiger partial charge in [0, 0.05) is 13.1 Å². The molecule has 1 atom stereocenters. The maximum Gasteiger partial charge on any atom is 0.223 e. The first-order valence-corrected chi connectivity index (χ1v) is 4.80. The van der Waals surface area contributed by atoms with E-state index in [4.69, 9.17) is 0 Å². The van der Waals surface area contributed by atoms with E-state index in [-0.39, 0.29) is 19.0 Å². The average Bonchev–Trinajstić information content (AvgIpc) is 2.21. The van der Waals surface area contributed by atoms with Gasteiger partial charge in [0.15, 0.2) is 0 Å². The predicted octanol–water partition coefficient (Wildman–Crippen LogP) is 0.129. The van der Waals surface area contributed by atoms with Crippen LogP contribution in [0.25, 0.3) is 0 Å². The summed E-state index contributed by atoms with van der Waals surface area (Å²) >= 11 is 0. The van der Waals surface area contributed by atoms with Gasteiger partial charge in [0.05, 0.1) is 19.2 Å². The van der Waals surface area contributed by atoms with E-state index in [0.717, 1.165) is 0 Å². The molecule has 6 heteroatoms. The third-order valence-corrected chi connectivity index (χ3v) is 2.00. The Morgan fingerprint density at radius 1 is 1.44 bits per heavy atom. The molecule has 0 aromatic heterocycles. The number of carbonyl (C=O) groups is 1. The van der Waals surface area contributed by atoms with Gasteiger partial charge in [-0.3, -0.25) is 9.97 Å². The zero-order valence-corrected chi connectivity index (χ0v) is 9.67. The van der Waals surface area contributed by atoms with Gasteiger partial charge in [0.1, 0.15) is 0 Å². The molecule has 0 aliphatic carbocycles. The van der Waals surface area contributed by atoms with Crippen molar-refractivity contribution >= 4 is 5.91 Å². The number of carbonyl (C=O) groups excluding carboxylic acids is 1. The minimum atomic E-state index is -0.851. The lowest BCUT2D eigenvalue weighted by Crippen LogP contribution is -2.42. The van der Waals surface area contributed by atoms with Crippen LogP contribution in [0.3, 0.4) is 0 Å². The Kier molecular flexibility index (Phi) is 6.40. The van der Waals surface area contributed by atoms with Crippen LogP contribution in [0.15, 0.2) is 25.6 Å². The highest BCUT2D eigenvalue weighted by atomic mass is 16.5. The Balaban J connectivity index is 4.24. The average molecular weight is 228 g/mol. The molecule has 0 aromatic rings. The molecule has 16 heavy (non-hydrogen) atoms. The fourth-order valence-electron chi connectivity index (χ4n) is 1.14. The number of hydrazine groups is 1. The largest absolute Gasteiger partial charge is 0.768 e. The second kappa shape index (κ2) is 7.00. The lowest BCUT2D eigenvalue weighted by atomic mass is 10.3. The number of aliphatic hydroxyl groups is 1. The molecule has 0 aliphatic rings. The van der Waals surface area contributed by atoms with E-state index in [1.165, 1.54) is 36.3 Å². The summed E-state index contributed by atoms with van der Waals surface area (Å²) in [6, 6.07) is 0. The van der Waals surface area contributed by atoms with Crippen molar-refractivity contribution in [3.8, 4) is 0 Å². The van der Waals surface area contributed by atoms with Crippen molar-refractivity contribution in [3.05, 3.63) is 30.8 Å². The van der Waals surface area contributed by atoms with Gasteiger partial charge in [-0.2, -0.15) is 0 Å². The van der Waals surface area contributed by atoms with Gasteiger partial charge in [-0.05, 0) is 13.2 Å². The standard InChI is InChI=1S/C10H18N3O3/c1-5-12(9(3)14)7-10(15)8-13(6-2)11(4)16/h5-6,10,15H,1-2,7-8H2,3-4H3/q-1. The Morgan fingerprint density at radius 2 is 2.00 bits per heavy atom. The summed E-state index contributed by atoms with van der Waals surface area (Å²) in [5.41, 5.74) is 0. The summed E-state index contributed by atoms with van der Waals surface area (Å²) in [7, 11) is 1.30. The van der Waals surface area contributed by atoms with Crippen molar-refractivity contribution in [2.24, 2.45) is 0 Å². The molecule has 1 amide bonds. The van der Waals surface area contributed by atoms with Crippen LogP contribution in [0, 0.1) is 5.21 Å². The molecule has 0 heterocycles. The molecular weight excluding hydrogens is 210 g/mol. The summed E-state index contributed by atoms with van der Waals surface area (Å²) in [4.78, 5) is 12.3. The van der Waals surface area contributed by atoms with Gasteiger partial charge in [0.25, 0.3) is 0 Å². The van der Waals surface area contributed by atoms with Crippen LogP contribution in [0.4, 0.5) is 0 Å². The fraction of sp³-hybridized carbons (Fsp3) is 0.500. The zero-order valence-electron chi connectivity index (χ0n) is 9.67. The molecule has 0 radical (unpaired) electrons. The second-order valence-electron chi connectivity index (χ2n) is 3.28. The van der Waals surface area contributed by atoms with Crippen LogP contribution in [-0.2, 0) is 4.79 Å². The van der Waals surface area contributed by atoms with Gasteiger partial charge in [0.2, 0.25) is 5.91 Å². The van der Waals surface area contributed by atoms with Crippen LogP contribution in [-0.4, -0.2) is 52.3 Å². The van der Waals surface area contributed by atoms with Crippen molar-refractivity contribution in [2.75, 3.05) is 20.1 Å². The number of rotatable bonds is 7. The molecule has 1 N–H and O–H groups in total. The Bertz CT molecular complexity index is 256. The topological polar surface area (TPSA) is 70.1 Å². The van der Waals surface area contributed by atoms with Crippen molar-refractivity contribution in [2.45, 2.75) is 13.0 Å². The summed E-state index contributed by atoms with van der Waals surface area (Å²) in [6.07, 6.45) is 1.80. The third-order valence-electron chi connectivity index (χ3n) is 2.00. The van der Waals surface area contributed by atoms with Crippen LogP contribution < -0.4 is 0 Å². The van der Waals surface area contributed by atoms with E-state index in [9.17, 15) is 15.1 Å². The number of hydroxylamine groups is 1. The lowest BCUT2D eigenvalue weighted by molar-refractivity contribution is -0.127. The smallest absolute Gasteiger partial charge is 0.223 e. The van der Waals surface area contributed by atoms with Crippen molar-refractivity contribution < 1.29 is 9.90 Å². The van der Waals surface area contributed by atoms with Crippen molar-refractivity contribution in [1.29, 1.82) is 0 Å². The summed E-state index contributed by atoms with van der Waals surface area (Å²) in [6.45, 7) is 8.44. The molecule has 0 rings (SSSR count). The molecule has 0 fully saturated rings. The monoisotopic (exact) mass is 228 g/mol. The highest BCUT2D eigenvalue weighted by Gasteiger charge is 2.13. The van der Waals surface area contributed by atoms with Crippen LogP contribution in [0.1, 0.15) is 6.92 Å². The molecule has 0 saturated carbocycles. The maximum atomic E-state index is 11.0. The summed E-state index contributed by atoms with van der Waals surface area (Å²) < 4.78 is 0. The van der Waals surface area contributed by atoms with Gasteiger partial charge in [-0.1, -0.05) is 13.2 Å². The van der Waals surface area contributed by atoms with Crippen LogP contribution in [0.2, 0.25) is 0 Å². The first-order chi connectivity index (χ1) is 7.42. The highest BCUT2D eigenvalue weighted by molar-refractivity contribution is 5.74. The van der Waals surface area contributed by atoms with Gasteiger partial charge < -0.3 is 20.2 Å². The molecular formula is C10H18N3O3-. The molecule has 0 aliphatic heterocycles. The molecule has 6 nitrogen and oxygen atoms in total. The fourth-order valence-corrected chi connectivity index (χ4v) is 1.14. The molecule has 92 valence electrons. The zero-order chi connectivity index (χ0) is 12.7. The highest BCUT2D eigenvalue weighted by Crippen LogP contribution is 2.00. The molecule has 0 bridgehead atoms. The second-order valence-corrected chi connectivity index (χ2v) is 3.28. The SMILES string of the molecule is C=CN(CC(O)CN(C=C)N(C)[O-])C(C)=O. The number of aliphatic hydroxyl groups excluding tert-OH is 1. The minimum absolute atomic E-state index is 0.0706. The number of nitrogens with zero attached hydrogens (tertiary/aromatic N) is 3. The summed E-state index contributed by atoms with van der Waals surface area (Å²) in [5.74, 6) is -0.213. The van der Waals surface area contributed by atoms with Crippen molar-refractivity contribution in [3.63, 3.8) is 0 Å². The minimum Gasteiger partial charge on any atom is -0.768 e. The van der Waals surface area contributed by atoms with E-state index in [1.54, 1.807) is 0 Å². The molecule has 0 spiro atoms. The van der Waals surface area contributed by atoms with Gasteiger partial charge in [-0.25, -0.2) is 0 Å². The molecule has 1 unspecified atom stereocenters. The van der Waals surface area contributed by atoms with E-state index in [2.05, 4.69) is 13.2 Å². The predicted molar refractivity (Wildman–Crippen MR) is 61.6 cm³/mol. The van der Waals surface area contributed by atoms with E-state index in [0.29, 0.717) is 5.17 Å². The first kappa shape index (κ1) is 14.6. The van der Waals surface area contributed by atoms with Gasteiger partial charge in [-0.15, -0.1) is 0 Å². The van der Waals surface area contributed by atoms with Crippen molar-refractivity contribution in [1.82, 2.24) is 15.1 Å². The van der Waals surface area contributed by atoms with E-state index >= 15 is 0 Å². The normalized spacial score (nSPS) is 12.1. The van der Waals surface area contributed by atoms with Crippen LogP contribution >= 0.6 is 0 Å². The first-order valence-electron chi connectivity index (χ1n) is 4.80. The van der Waals surface area contributed by atoms with E-state index in [1.807, 2.05) is 0 Å². The Morgan fingerprint density at radius 3 is 2.31 bits per heavy atom. The van der Waals surface area contributed by atoms with Gasteiger partial charge >= 0.3 is 0 Å². The molecule has 0 aromatic carbocycles. The van der Waals surface area contributed by atoms with E-state index < -0.39 is 6.10 Å². The third kappa shape index (κ3) is 4.92. The quantitative estimate of drug-likeness (QED) is 0.627. The number of amides is 1. The summed E-state index contributed by atoms with van der Waals surface area (Å²) in [5, 5.41) is 22.4. The maximum absolute atomic E-state index is 11.0. The number of hydrogen-bond donors (Lipinski definition) is 1.